The lowest BCUT2D eigenvalue weighted by molar-refractivity contribution is 0.534. The summed E-state index contributed by atoms with van der Waals surface area (Å²) in [4.78, 5) is 3.94. The summed E-state index contributed by atoms with van der Waals surface area (Å²) in [7, 11) is 0. The molecule has 0 aromatic heterocycles. The van der Waals surface area contributed by atoms with Gasteiger partial charge in [-0.15, -0.1) is 50.5 Å². The first kappa shape index (κ1) is 24.4. The van der Waals surface area contributed by atoms with Crippen LogP contribution < -0.4 is 0 Å². The van der Waals surface area contributed by atoms with Crippen molar-refractivity contribution in [3.8, 4) is 22.3 Å². The van der Waals surface area contributed by atoms with Crippen molar-refractivity contribution in [2.75, 3.05) is 0 Å². The summed E-state index contributed by atoms with van der Waals surface area (Å²) in [5.74, 6) is 0.716. The Bertz CT molecular complexity index is 1150. The van der Waals surface area contributed by atoms with Crippen molar-refractivity contribution in [3.63, 3.8) is 0 Å². The highest BCUT2D eigenvalue weighted by Crippen LogP contribution is 2.40. The van der Waals surface area contributed by atoms with Crippen LogP contribution in [-0.4, -0.2) is 0 Å². The molecule has 0 atom stereocenters. The molecule has 0 saturated carbocycles. The normalized spacial score (nSPS) is 11.4. The molecule has 4 aromatic rings. The third-order valence-corrected chi connectivity index (χ3v) is 7.33. The van der Waals surface area contributed by atoms with Gasteiger partial charge in [0.25, 0.3) is 0 Å². The second-order valence-electron chi connectivity index (χ2n) is 8.82. The lowest BCUT2D eigenvalue weighted by Crippen LogP contribution is -2.08. The largest absolute Gasteiger partial charge is 0.143 e. The molecular formula is C29H28S4. The van der Waals surface area contributed by atoms with Gasteiger partial charge in [-0.3, -0.25) is 0 Å². The van der Waals surface area contributed by atoms with E-state index in [2.05, 4.69) is 99.8 Å². The van der Waals surface area contributed by atoms with Gasteiger partial charge in [0.1, 0.15) is 0 Å². The highest BCUT2D eigenvalue weighted by Gasteiger charge is 2.22. The van der Waals surface area contributed by atoms with Gasteiger partial charge in [0.2, 0.25) is 0 Å². The van der Waals surface area contributed by atoms with E-state index in [0.29, 0.717) is 5.92 Å². The summed E-state index contributed by atoms with van der Waals surface area (Å²) < 4.78 is 0. The molecule has 4 aromatic carbocycles. The van der Waals surface area contributed by atoms with E-state index in [4.69, 9.17) is 25.3 Å². The highest BCUT2D eigenvalue weighted by atomic mass is 32.1. The molecule has 0 N–H and O–H groups in total. The zero-order valence-electron chi connectivity index (χ0n) is 18.7. The van der Waals surface area contributed by atoms with Crippen molar-refractivity contribution in [2.45, 2.75) is 45.8 Å². The summed E-state index contributed by atoms with van der Waals surface area (Å²) in [6.45, 7) is 4.54. The molecule has 0 amide bonds. The fourth-order valence-electron chi connectivity index (χ4n) is 4.23. The van der Waals surface area contributed by atoms with Gasteiger partial charge < -0.3 is 0 Å². The van der Waals surface area contributed by atoms with Crippen molar-refractivity contribution >= 4 is 50.5 Å². The molecule has 0 heterocycles. The van der Waals surface area contributed by atoms with Crippen LogP contribution in [0.4, 0.5) is 0 Å². The first-order valence-corrected chi connectivity index (χ1v) is 12.9. The number of hydrogen-bond donors (Lipinski definition) is 4. The second kappa shape index (κ2) is 10.7. The van der Waals surface area contributed by atoms with Crippen LogP contribution in [0.5, 0.6) is 0 Å². The van der Waals surface area contributed by atoms with E-state index in [-0.39, 0.29) is 5.92 Å². The molecule has 0 aliphatic carbocycles. The van der Waals surface area contributed by atoms with Gasteiger partial charge in [-0.1, -0.05) is 50.2 Å². The van der Waals surface area contributed by atoms with Crippen LogP contribution >= 0.6 is 50.5 Å². The molecular weight excluding hydrogens is 477 g/mol. The molecule has 168 valence electrons. The van der Waals surface area contributed by atoms with Crippen LogP contribution in [0.15, 0.2) is 105 Å². The van der Waals surface area contributed by atoms with Crippen LogP contribution in [-0.2, 0) is 0 Å². The molecule has 4 heteroatoms. The van der Waals surface area contributed by atoms with Crippen LogP contribution in [0.25, 0.3) is 22.3 Å². The van der Waals surface area contributed by atoms with E-state index < -0.39 is 0 Å². The van der Waals surface area contributed by atoms with E-state index in [9.17, 15) is 0 Å². The first-order chi connectivity index (χ1) is 15.8. The molecule has 0 nitrogen and oxygen atoms in total. The number of rotatable bonds is 6. The summed E-state index contributed by atoms with van der Waals surface area (Å²) in [5.41, 5.74) is 7.20. The third-order valence-electron chi connectivity index (χ3n) is 5.91. The molecule has 0 aliphatic heterocycles. The summed E-state index contributed by atoms with van der Waals surface area (Å²) in [5, 5.41) is 0. The van der Waals surface area contributed by atoms with E-state index in [0.717, 1.165) is 26.0 Å². The average molecular weight is 505 g/mol. The predicted octanol–water partition coefficient (Wildman–Crippen LogP) is 9.35. The van der Waals surface area contributed by atoms with Gasteiger partial charge in [-0.05, 0) is 94.3 Å². The van der Waals surface area contributed by atoms with Crippen LogP contribution in [0.2, 0.25) is 0 Å². The molecule has 0 aliphatic rings. The van der Waals surface area contributed by atoms with Gasteiger partial charge in [-0.2, -0.15) is 0 Å². The SMILES string of the molecule is CC(C)CC(c1cc(-c2ccc(S)cc2)ccc1S)c1cc(-c2ccc(S)cc2)ccc1S. The van der Waals surface area contributed by atoms with E-state index >= 15 is 0 Å². The van der Waals surface area contributed by atoms with E-state index in [1.807, 2.05) is 24.3 Å². The maximum absolute atomic E-state index is 4.88. The summed E-state index contributed by atoms with van der Waals surface area (Å²) in [6.07, 6.45) is 1.01. The van der Waals surface area contributed by atoms with E-state index in [1.165, 1.54) is 33.4 Å². The number of benzene rings is 4. The molecule has 33 heavy (non-hydrogen) atoms. The van der Waals surface area contributed by atoms with Gasteiger partial charge in [0.05, 0.1) is 0 Å². The minimum absolute atomic E-state index is 0.193. The van der Waals surface area contributed by atoms with Crippen molar-refractivity contribution in [2.24, 2.45) is 5.92 Å². The minimum atomic E-state index is 0.193. The second-order valence-corrected chi connectivity index (χ2v) is 10.8. The number of hydrogen-bond acceptors (Lipinski definition) is 4. The summed E-state index contributed by atoms with van der Waals surface area (Å²) in [6, 6.07) is 29.7. The molecule has 0 radical (unpaired) electrons. The topological polar surface area (TPSA) is 0 Å². The van der Waals surface area contributed by atoms with Gasteiger partial charge in [0, 0.05) is 25.5 Å². The fourth-order valence-corrected chi connectivity index (χ4v) is 5.11. The van der Waals surface area contributed by atoms with Gasteiger partial charge in [0.15, 0.2) is 0 Å². The molecule has 0 spiro atoms. The standard InChI is InChI=1S/C29H28S4/c1-18(2)15-25(26-16-21(7-13-28(26)32)19-3-9-23(30)10-4-19)27-17-22(8-14-29(27)33)20-5-11-24(31)12-6-20/h3-14,16-18,25,30-33H,15H2,1-2H3. The van der Waals surface area contributed by atoms with E-state index in [1.54, 1.807) is 0 Å². The quantitative estimate of drug-likeness (QED) is 0.185. The van der Waals surface area contributed by atoms with Crippen molar-refractivity contribution in [3.05, 3.63) is 96.1 Å². The van der Waals surface area contributed by atoms with Gasteiger partial charge >= 0.3 is 0 Å². The maximum Gasteiger partial charge on any atom is 0.0114 e. The first-order valence-electron chi connectivity index (χ1n) is 11.1. The van der Waals surface area contributed by atoms with Gasteiger partial charge in [-0.25, -0.2) is 0 Å². The molecule has 0 unspecified atom stereocenters. The minimum Gasteiger partial charge on any atom is -0.143 e. The van der Waals surface area contributed by atoms with Crippen molar-refractivity contribution in [1.82, 2.24) is 0 Å². The highest BCUT2D eigenvalue weighted by molar-refractivity contribution is 7.80. The molecule has 0 fully saturated rings. The smallest absolute Gasteiger partial charge is 0.0114 e. The van der Waals surface area contributed by atoms with Crippen molar-refractivity contribution < 1.29 is 0 Å². The Hall–Kier alpha value is -1.72. The Kier molecular flexibility index (Phi) is 7.91. The molecule has 0 bridgehead atoms. The number of thiol groups is 4. The predicted molar refractivity (Wildman–Crippen MR) is 154 cm³/mol. The van der Waals surface area contributed by atoms with Crippen molar-refractivity contribution in [1.29, 1.82) is 0 Å². The zero-order valence-corrected chi connectivity index (χ0v) is 22.3. The fraction of sp³-hybridized carbons (Fsp3) is 0.172. The Morgan fingerprint density at radius 3 is 1.24 bits per heavy atom. The molecule has 0 saturated heterocycles. The lowest BCUT2D eigenvalue weighted by Gasteiger charge is -2.24. The summed E-state index contributed by atoms with van der Waals surface area (Å²) >= 11 is 18.6. The lowest BCUT2D eigenvalue weighted by atomic mass is 9.82. The average Bonchev–Trinajstić information content (AvgIpc) is 2.80. The third kappa shape index (κ3) is 5.86. The maximum atomic E-state index is 4.88. The Morgan fingerprint density at radius 2 is 0.879 bits per heavy atom. The zero-order chi connectivity index (χ0) is 23.5. The monoisotopic (exact) mass is 504 g/mol. The van der Waals surface area contributed by atoms with Crippen LogP contribution in [0.1, 0.15) is 37.3 Å². The Labute approximate surface area is 219 Å². The van der Waals surface area contributed by atoms with Crippen LogP contribution in [0.3, 0.4) is 0 Å². The molecule has 4 rings (SSSR count). The Morgan fingerprint density at radius 1 is 0.515 bits per heavy atom. The van der Waals surface area contributed by atoms with Crippen LogP contribution in [0, 0.1) is 5.92 Å². The Balaban J connectivity index is 1.82.